The Morgan fingerprint density at radius 2 is 2.00 bits per heavy atom. The number of esters is 2. The summed E-state index contributed by atoms with van der Waals surface area (Å²) in [4.78, 5) is 21.6. The quantitative estimate of drug-likeness (QED) is 0.577. The smallest absolute Gasteiger partial charge is 0.308 e. The van der Waals surface area contributed by atoms with Crippen molar-refractivity contribution in [2.75, 3.05) is 14.2 Å². The molecule has 0 aromatic rings. The highest BCUT2D eigenvalue weighted by Gasteiger charge is 2.45. The Morgan fingerprint density at radius 1 is 1.33 bits per heavy atom. The fraction of sp³-hybridized carbons (Fsp3) is 0.750. The van der Waals surface area contributed by atoms with Gasteiger partial charge in [0.25, 0.3) is 0 Å². The molecule has 0 unspecified atom stereocenters. The maximum Gasteiger partial charge on any atom is 0.308 e. The van der Waals surface area contributed by atoms with Crippen molar-refractivity contribution in [2.24, 2.45) is 11.8 Å². The van der Waals surface area contributed by atoms with Crippen LogP contribution in [0.2, 0.25) is 0 Å². The van der Waals surface area contributed by atoms with Gasteiger partial charge in [-0.1, -0.05) is 0 Å². The molecule has 1 aliphatic rings. The molecule has 0 bridgehead atoms. The third kappa shape index (κ3) is 1.96. The maximum atomic E-state index is 10.9. The lowest BCUT2D eigenvalue weighted by atomic mass is 10.2. The second kappa shape index (κ2) is 3.56. The lowest BCUT2D eigenvalue weighted by Crippen LogP contribution is -2.07. The van der Waals surface area contributed by atoms with Gasteiger partial charge in [0.2, 0.25) is 0 Å². The van der Waals surface area contributed by atoms with E-state index in [2.05, 4.69) is 9.47 Å². The molecule has 0 aromatic carbocycles. The van der Waals surface area contributed by atoms with Crippen molar-refractivity contribution in [2.45, 2.75) is 12.8 Å². The molecular weight excluding hydrogens is 160 g/mol. The normalized spacial score (nSPS) is 26.2. The zero-order chi connectivity index (χ0) is 9.14. The zero-order valence-corrected chi connectivity index (χ0v) is 7.20. The van der Waals surface area contributed by atoms with E-state index in [1.54, 1.807) is 0 Å². The van der Waals surface area contributed by atoms with E-state index in [0.717, 1.165) is 6.42 Å². The van der Waals surface area contributed by atoms with Gasteiger partial charge in [0, 0.05) is 6.42 Å². The van der Waals surface area contributed by atoms with E-state index in [0.29, 0.717) is 6.42 Å². The number of carbonyl (C=O) groups excluding carboxylic acids is 2. The number of rotatable bonds is 3. The number of methoxy groups -OCH3 is 2. The highest BCUT2D eigenvalue weighted by atomic mass is 16.5. The largest absolute Gasteiger partial charge is 0.469 e. The molecule has 0 N–H and O–H groups in total. The van der Waals surface area contributed by atoms with Crippen LogP contribution < -0.4 is 0 Å². The summed E-state index contributed by atoms with van der Waals surface area (Å²) in [5.74, 6) is -0.408. The van der Waals surface area contributed by atoms with Crippen LogP contribution in [-0.4, -0.2) is 26.2 Å². The average molecular weight is 172 g/mol. The molecule has 1 rings (SSSR count). The standard InChI is InChI=1S/C8H12O4/c1-11-7(9)4-5-3-6(5)8(10)12-2/h5-6H,3-4H2,1-2H3/t5-,6-/m1/s1. The van der Waals surface area contributed by atoms with Gasteiger partial charge in [-0.25, -0.2) is 0 Å². The van der Waals surface area contributed by atoms with Crippen molar-refractivity contribution in [3.05, 3.63) is 0 Å². The molecule has 0 amide bonds. The van der Waals surface area contributed by atoms with Crippen molar-refractivity contribution in [1.29, 1.82) is 0 Å². The van der Waals surface area contributed by atoms with Crippen LogP contribution in [0.5, 0.6) is 0 Å². The van der Waals surface area contributed by atoms with Crippen LogP contribution in [0.4, 0.5) is 0 Å². The molecular formula is C8H12O4. The molecule has 0 aromatic heterocycles. The lowest BCUT2D eigenvalue weighted by Gasteiger charge is -1.97. The zero-order valence-electron chi connectivity index (χ0n) is 7.20. The Morgan fingerprint density at radius 3 is 2.50 bits per heavy atom. The van der Waals surface area contributed by atoms with E-state index >= 15 is 0 Å². The first-order valence-corrected chi connectivity index (χ1v) is 3.83. The third-order valence-electron chi connectivity index (χ3n) is 2.08. The van der Waals surface area contributed by atoms with Gasteiger partial charge in [-0.2, -0.15) is 0 Å². The Hall–Kier alpha value is -1.06. The lowest BCUT2D eigenvalue weighted by molar-refractivity contribution is -0.143. The summed E-state index contributed by atoms with van der Waals surface area (Å²) < 4.78 is 9.00. The number of ether oxygens (including phenoxy) is 2. The van der Waals surface area contributed by atoms with Gasteiger partial charge < -0.3 is 9.47 Å². The molecule has 1 fully saturated rings. The van der Waals surface area contributed by atoms with Crippen LogP contribution >= 0.6 is 0 Å². The van der Waals surface area contributed by atoms with Crippen LogP contribution in [0.3, 0.4) is 0 Å². The summed E-state index contributed by atoms with van der Waals surface area (Å²) in [7, 11) is 2.70. The highest BCUT2D eigenvalue weighted by Crippen LogP contribution is 2.42. The molecule has 0 aliphatic heterocycles. The van der Waals surface area contributed by atoms with E-state index in [9.17, 15) is 9.59 Å². The van der Waals surface area contributed by atoms with Crippen molar-refractivity contribution in [3.63, 3.8) is 0 Å². The highest BCUT2D eigenvalue weighted by molar-refractivity contribution is 5.78. The van der Waals surface area contributed by atoms with Crippen molar-refractivity contribution in [3.8, 4) is 0 Å². The topological polar surface area (TPSA) is 52.6 Å². The van der Waals surface area contributed by atoms with Gasteiger partial charge in [-0.15, -0.1) is 0 Å². The summed E-state index contributed by atoms with van der Waals surface area (Å²) >= 11 is 0. The van der Waals surface area contributed by atoms with E-state index in [1.165, 1.54) is 14.2 Å². The van der Waals surface area contributed by atoms with E-state index in [-0.39, 0.29) is 23.8 Å². The first-order chi connectivity index (χ1) is 5.69. The Kier molecular flexibility index (Phi) is 2.68. The predicted octanol–water partition coefficient (Wildman–Crippen LogP) is 0.359. The summed E-state index contributed by atoms with van der Waals surface area (Å²) in [6, 6.07) is 0. The molecule has 2 atom stereocenters. The van der Waals surface area contributed by atoms with Crippen LogP contribution in [0.1, 0.15) is 12.8 Å². The Labute approximate surface area is 70.8 Å². The molecule has 12 heavy (non-hydrogen) atoms. The predicted molar refractivity (Wildman–Crippen MR) is 40.2 cm³/mol. The molecule has 0 spiro atoms. The van der Waals surface area contributed by atoms with E-state index < -0.39 is 0 Å². The number of hydrogen-bond acceptors (Lipinski definition) is 4. The minimum absolute atomic E-state index is 0.0749. The third-order valence-corrected chi connectivity index (χ3v) is 2.08. The van der Waals surface area contributed by atoms with Crippen LogP contribution in [-0.2, 0) is 19.1 Å². The van der Waals surface area contributed by atoms with Crippen molar-refractivity contribution >= 4 is 11.9 Å². The average Bonchev–Trinajstić information content (AvgIpc) is 2.82. The van der Waals surface area contributed by atoms with Crippen molar-refractivity contribution < 1.29 is 19.1 Å². The van der Waals surface area contributed by atoms with Gasteiger partial charge in [0.1, 0.15) is 0 Å². The second-order valence-electron chi connectivity index (χ2n) is 2.91. The van der Waals surface area contributed by atoms with Gasteiger partial charge >= 0.3 is 11.9 Å². The first kappa shape index (κ1) is 9.03. The van der Waals surface area contributed by atoms with Gasteiger partial charge in [-0.3, -0.25) is 9.59 Å². The van der Waals surface area contributed by atoms with Crippen LogP contribution in [0.15, 0.2) is 0 Å². The van der Waals surface area contributed by atoms with Crippen LogP contribution in [0, 0.1) is 11.8 Å². The Balaban J connectivity index is 2.24. The monoisotopic (exact) mass is 172 g/mol. The van der Waals surface area contributed by atoms with Crippen molar-refractivity contribution in [1.82, 2.24) is 0 Å². The maximum absolute atomic E-state index is 10.9. The van der Waals surface area contributed by atoms with E-state index in [4.69, 9.17) is 0 Å². The fourth-order valence-corrected chi connectivity index (χ4v) is 1.21. The molecule has 0 radical (unpaired) electrons. The fourth-order valence-electron chi connectivity index (χ4n) is 1.21. The summed E-state index contributed by atoms with van der Waals surface area (Å²) in [5, 5.41) is 0. The van der Waals surface area contributed by atoms with Gasteiger partial charge in [-0.05, 0) is 12.3 Å². The molecule has 68 valence electrons. The summed E-state index contributed by atoms with van der Waals surface area (Å²) in [6.45, 7) is 0. The summed E-state index contributed by atoms with van der Waals surface area (Å²) in [5.41, 5.74) is 0. The molecule has 0 heterocycles. The first-order valence-electron chi connectivity index (χ1n) is 3.83. The minimum Gasteiger partial charge on any atom is -0.469 e. The minimum atomic E-state index is -0.258. The van der Waals surface area contributed by atoms with Gasteiger partial charge in [0.15, 0.2) is 0 Å². The van der Waals surface area contributed by atoms with E-state index in [1.807, 2.05) is 0 Å². The molecule has 1 aliphatic carbocycles. The molecule has 1 saturated carbocycles. The second-order valence-corrected chi connectivity index (χ2v) is 2.91. The molecule has 4 heteroatoms. The summed E-state index contributed by atoms with van der Waals surface area (Å²) in [6.07, 6.45) is 1.08. The number of hydrogen-bond donors (Lipinski definition) is 0. The number of carbonyl (C=O) groups is 2. The molecule has 4 nitrogen and oxygen atoms in total. The Bertz CT molecular complexity index is 199. The van der Waals surface area contributed by atoms with Crippen LogP contribution in [0.25, 0.3) is 0 Å². The SMILES string of the molecule is COC(=O)C[C@H]1C[C@H]1C(=O)OC. The van der Waals surface area contributed by atoms with Gasteiger partial charge in [0.05, 0.1) is 20.1 Å². The molecule has 0 saturated heterocycles.